The second-order valence-corrected chi connectivity index (χ2v) is 9.41. The van der Waals surface area contributed by atoms with Crippen LogP contribution in [0.4, 0.5) is 17.6 Å². The molecule has 184 valence electrons. The van der Waals surface area contributed by atoms with E-state index in [1.807, 2.05) is 17.6 Å². The number of nitriles is 1. The van der Waals surface area contributed by atoms with E-state index >= 15 is 0 Å². The van der Waals surface area contributed by atoms with Gasteiger partial charge in [0, 0.05) is 12.0 Å². The molecular formula is C23H26Cl2N8O2. The summed E-state index contributed by atoms with van der Waals surface area (Å²) in [4.78, 5) is 25.4. The molecule has 0 spiro atoms. The van der Waals surface area contributed by atoms with E-state index < -0.39 is 0 Å². The smallest absolute Gasteiger partial charge is 0.225 e. The molecule has 0 bridgehead atoms. The van der Waals surface area contributed by atoms with Crippen molar-refractivity contribution in [1.82, 2.24) is 19.5 Å². The van der Waals surface area contributed by atoms with Crippen LogP contribution >= 0.6 is 23.2 Å². The number of carbonyl (C=O) groups excluding carboxylic acids is 1. The lowest BCUT2D eigenvalue weighted by Gasteiger charge is -2.29. The topological polar surface area (TPSA) is 155 Å². The largest absolute Gasteiger partial charge is 0.394 e. The maximum Gasteiger partial charge on any atom is 0.225 e. The average molecular weight is 517 g/mol. The third-order valence-corrected chi connectivity index (χ3v) is 6.95. The molecule has 1 aromatic carbocycles. The van der Waals surface area contributed by atoms with E-state index in [0.29, 0.717) is 66.4 Å². The predicted molar refractivity (Wildman–Crippen MR) is 135 cm³/mol. The summed E-state index contributed by atoms with van der Waals surface area (Å²) in [5.74, 6) is 0.418. The maximum atomic E-state index is 11.7. The van der Waals surface area contributed by atoms with E-state index in [9.17, 15) is 15.2 Å². The van der Waals surface area contributed by atoms with Gasteiger partial charge >= 0.3 is 0 Å². The number of carbonyl (C=O) groups is 1. The summed E-state index contributed by atoms with van der Waals surface area (Å²) < 4.78 is 1.98. The molecule has 1 fully saturated rings. The number of anilines is 3. The van der Waals surface area contributed by atoms with Crippen LogP contribution in [0, 0.1) is 17.2 Å². The molecule has 2 aromatic heterocycles. The van der Waals surface area contributed by atoms with Crippen LogP contribution in [-0.2, 0) is 4.79 Å². The van der Waals surface area contributed by atoms with Gasteiger partial charge in [-0.3, -0.25) is 9.36 Å². The van der Waals surface area contributed by atoms with Gasteiger partial charge in [-0.2, -0.15) is 10.2 Å². The number of imidazole rings is 1. The van der Waals surface area contributed by atoms with Crippen LogP contribution in [0.25, 0.3) is 11.2 Å². The van der Waals surface area contributed by atoms with Crippen molar-refractivity contribution in [2.75, 3.05) is 17.2 Å². The summed E-state index contributed by atoms with van der Waals surface area (Å²) in [7, 11) is 0. The van der Waals surface area contributed by atoms with Gasteiger partial charge in [0.05, 0.1) is 46.2 Å². The van der Waals surface area contributed by atoms with Gasteiger partial charge in [-0.1, -0.05) is 30.1 Å². The van der Waals surface area contributed by atoms with Gasteiger partial charge in [0.2, 0.25) is 17.8 Å². The Labute approximate surface area is 212 Å². The van der Waals surface area contributed by atoms with Gasteiger partial charge in [0.1, 0.15) is 5.52 Å². The van der Waals surface area contributed by atoms with Crippen LogP contribution < -0.4 is 16.4 Å². The van der Waals surface area contributed by atoms with Gasteiger partial charge in [-0.15, -0.1) is 0 Å². The highest BCUT2D eigenvalue weighted by Crippen LogP contribution is 2.39. The first kappa shape index (κ1) is 25.0. The fourth-order valence-corrected chi connectivity index (χ4v) is 4.92. The number of benzene rings is 1. The van der Waals surface area contributed by atoms with E-state index in [-0.39, 0.29) is 40.6 Å². The van der Waals surface area contributed by atoms with Crippen molar-refractivity contribution >= 4 is 57.9 Å². The highest BCUT2D eigenvalue weighted by Gasteiger charge is 2.29. The normalized spacial score (nSPS) is 18.7. The minimum atomic E-state index is -0.281. The fourth-order valence-electron chi connectivity index (χ4n) is 4.34. The quantitative estimate of drug-likeness (QED) is 0.347. The fraction of sp³-hybridized carbons (Fsp3) is 0.435. The van der Waals surface area contributed by atoms with Gasteiger partial charge < -0.3 is 21.5 Å². The number of aliphatic hydroxyl groups is 1. The Morgan fingerprint density at radius 3 is 2.54 bits per heavy atom. The maximum absolute atomic E-state index is 11.7. The standard InChI is InChI=1S/C23H26Cl2N8O2/c1-2-14(11-34)29-22-28-10-18-21(32-22)33(15-5-3-13(4-6-15)20(27)35)23(30-18)31-19-16(24)7-12(9-26)8-17(19)25/h7-8,10,13-15,34H,2-6,11H2,1H3,(H2,27,35)(H,30,31)(H,28,29,32)/t13-,14-,15-/m0/s1. The predicted octanol–water partition coefficient (Wildman–Crippen LogP) is 4.15. The Hall–Kier alpha value is -3.13. The molecule has 1 saturated carbocycles. The lowest BCUT2D eigenvalue weighted by atomic mass is 9.85. The van der Waals surface area contributed by atoms with Crippen molar-refractivity contribution in [2.45, 2.75) is 51.1 Å². The Morgan fingerprint density at radius 2 is 1.97 bits per heavy atom. The highest BCUT2D eigenvalue weighted by molar-refractivity contribution is 6.39. The summed E-state index contributed by atoms with van der Waals surface area (Å²) in [6.45, 7) is 1.91. The third-order valence-electron chi connectivity index (χ3n) is 6.35. The van der Waals surface area contributed by atoms with E-state index in [1.165, 1.54) is 12.1 Å². The molecule has 12 heteroatoms. The molecule has 1 aliphatic carbocycles. The monoisotopic (exact) mass is 516 g/mol. The van der Waals surface area contributed by atoms with Crippen molar-refractivity contribution in [2.24, 2.45) is 11.7 Å². The highest BCUT2D eigenvalue weighted by atomic mass is 35.5. The summed E-state index contributed by atoms with van der Waals surface area (Å²) in [5, 5.41) is 25.7. The number of hydrogen-bond donors (Lipinski definition) is 4. The Kier molecular flexibility index (Phi) is 7.60. The van der Waals surface area contributed by atoms with Crippen molar-refractivity contribution in [3.8, 4) is 6.07 Å². The molecule has 10 nitrogen and oxygen atoms in total. The number of halogens is 2. The van der Waals surface area contributed by atoms with Crippen LogP contribution in [-0.4, -0.2) is 43.2 Å². The van der Waals surface area contributed by atoms with Crippen LogP contribution in [0.5, 0.6) is 0 Å². The average Bonchev–Trinajstić information content (AvgIpc) is 3.21. The zero-order chi connectivity index (χ0) is 25.1. The molecule has 4 rings (SSSR count). The van der Waals surface area contributed by atoms with Crippen LogP contribution in [0.3, 0.4) is 0 Å². The number of nitrogens with zero attached hydrogens (tertiary/aromatic N) is 5. The number of fused-ring (bicyclic) bond motifs is 1. The molecular weight excluding hydrogens is 491 g/mol. The number of aromatic nitrogens is 4. The first-order chi connectivity index (χ1) is 16.8. The summed E-state index contributed by atoms with van der Waals surface area (Å²) >= 11 is 12.8. The van der Waals surface area contributed by atoms with E-state index in [2.05, 4.69) is 15.6 Å². The first-order valence-electron chi connectivity index (χ1n) is 11.4. The molecule has 5 N–H and O–H groups in total. The van der Waals surface area contributed by atoms with E-state index in [4.69, 9.17) is 38.9 Å². The van der Waals surface area contributed by atoms with Crippen LogP contribution in [0.1, 0.15) is 50.6 Å². The van der Waals surface area contributed by atoms with Crippen molar-refractivity contribution in [3.63, 3.8) is 0 Å². The third kappa shape index (κ3) is 5.27. The van der Waals surface area contributed by atoms with Crippen molar-refractivity contribution in [1.29, 1.82) is 5.26 Å². The zero-order valence-electron chi connectivity index (χ0n) is 19.1. The minimum Gasteiger partial charge on any atom is -0.394 e. The summed E-state index contributed by atoms with van der Waals surface area (Å²) in [6, 6.07) is 4.91. The van der Waals surface area contributed by atoms with Crippen molar-refractivity contribution < 1.29 is 9.90 Å². The molecule has 0 saturated heterocycles. The number of rotatable bonds is 8. The molecule has 35 heavy (non-hydrogen) atoms. The van der Waals surface area contributed by atoms with E-state index in [1.54, 1.807) is 6.20 Å². The lowest BCUT2D eigenvalue weighted by molar-refractivity contribution is -0.122. The van der Waals surface area contributed by atoms with Crippen molar-refractivity contribution in [3.05, 3.63) is 33.9 Å². The zero-order valence-corrected chi connectivity index (χ0v) is 20.6. The van der Waals surface area contributed by atoms with Gasteiger partial charge in [-0.05, 0) is 44.2 Å². The number of nitrogens with two attached hydrogens (primary N) is 1. The lowest BCUT2D eigenvalue weighted by Crippen LogP contribution is -2.29. The van der Waals surface area contributed by atoms with Gasteiger partial charge in [-0.25, -0.2) is 9.97 Å². The molecule has 1 amide bonds. The number of hydrogen-bond acceptors (Lipinski definition) is 8. The molecule has 2 heterocycles. The molecule has 0 unspecified atom stereocenters. The first-order valence-corrected chi connectivity index (χ1v) is 12.2. The second kappa shape index (κ2) is 10.6. The van der Waals surface area contributed by atoms with Crippen LogP contribution in [0.15, 0.2) is 18.3 Å². The summed E-state index contributed by atoms with van der Waals surface area (Å²) in [5.41, 5.74) is 7.46. The molecule has 0 radical (unpaired) electrons. The Bertz CT molecular complexity index is 1250. The SMILES string of the molecule is CC[C@@H](CO)Nc1ncc2nc(Nc3c(Cl)cc(C#N)cc3Cl)n([C@H]3CC[C@H](C(N)=O)CC3)c2n1. The molecule has 0 aliphatic heterocycles. The number of amides is 1. The number of primary amides is 1. The van der Waals surface area contributed by atoms with Crippen LogP contribution in [0.2, 0.25) is 10.0 Å². The second-order valence-electron chi connectivity index (χ2n) is 8.60. The molecule has 1 aliphatic rings. The summed E-state index contributed by atoms with van der Waals surface area (Å²) in [6.07, 6.45) is 5.07. The number of aliphatic hydroxyl groups excluding tert-OH is 1. The van der Waals surface area contributed by atoms with Gasteiger partial charge in [0.25, 0.3) is 0 Å². The van der Waals surface area contributed by atoms with Gasteiger partial charge in [0.15, 0.2) is 5.65 Å². The van der Waals surface area contributed by atoms with E-state index in [0.717, 1.165) is 0 Å². The Morgan fingerprint density at radius 1 is 1.29 bits per heavy atom. The Balaban J connectivity index is 1.77. The molecule has 1 atom stereocenters. The number of nitrogens with one attached hydrogen (secondary N) is 2. The minimum absolute atomic E-state index is 0.00315. The molecule has 3 aromatic rings.